The van der Waals surface area contributed by atoms with Crippen molar-refractivity contribution >= 4 is 27.8 Å². The molecule has 0 aliphatic heterocycles. The maximum atomic E-state index is 11.2. The van der Waals surface area contributed by atoms with Crippen LogP contribution in [0, 0.1) is 0 Å². The highest BCUT2D eigenvalue weighted by molar-refractivity contribution is 5.85. The molecule has 4 aromatic rings. The van der Waals surface area contributed by atoms with Crippen LogP contribution in [-0.4, -0.2) is 15.9 Å². The molecule has 0 fully saturated rings. The van der Waals surface area contributed by atoms with Crippen molar-refractivity contribution in [2.45, 2.75) is 38.0 Å². The number of nitrogens with one attached hydrogen (secondary N) is 2. The minimum absolute atomic E-state index is 0.269. The number of hydrogen-bond acceptors (Lipinski definition) is 3. The fourth-order valence-corrected chi connectivity index (χ4v) is 4.00. The van der Waals surface area contributed by atoms with Crippen LogP contribution in [0.15, 0.2) is 60.8 Å². The van der Waals surface area contributed by atoms with Gasteiger partial charge in [0, 0.05) is 40.6 Å². The van der Waals surface area contributed by atoms with Gasteiger partial charge in [0.15, 0.2) is 0 Å². The Kier molecular flexibility index (Phi) is 5.44. The van der Waals surface area contributed by atoms with E-state index < -0.39 is 0 Å². The first-order chi connectivity index (χ1) is 13.8. The molecular formula is C23H25N3O2. The van der Waals surface area contributed by atoms with Crippen LogP contribution in [0.5, 0.6) is 0 Å². The van der Waals surface area contributed by atoms with Gasteiger partial charge >= 0.3 is 5.97 Å². The van der Waals surface area contributed by atoms with E-state index in [0.29, 0.717) is 6.42 Å². The van der Waals surface area contributed by atoms with Crippen molar-refractivity contribution in [2.75, 3.05) is 0 Å². The van der Waals surface area contributed by atoms with Crippen LogP contribution in [0.2, 0.25) is 0 Å². The van der Waals surface area contributed by atoms with E-state index >= 15 is 0 Å². The van der Waals surface area contributed by atoms with Gasteiger partial charge in [0.1, 0.15) is 0 Å². The highest BCUT2D eigenvalue weighted by Gasteiger charge is 2.19. The van der Waals surface area contributed by atoms with Gasteiger partial charge < -0.3 is 14.8 Å². The van der Waals surface area contributed by atoms with E-state index in [2.05, 4.69) is 75.6 Å². The molecule has 5 nitrogen and oxygen atoms in total. The van der Waals surface area contributed by atoms with Crippen LogP contribution in [-0.2, 0) is 9.63 Å². The quantitative estimate of drug-likeness (QED) is 0.294. The molecule has 0 amide bonds. The van der Waals surface area contributed by atoms with E-state index in [9.17, 15) is 4.79 Å². The summed E-state index contributed by atoms with van der Waals surface area (Å²) in [5.41, 5.74) is 4.85. The normalized spacial score (nSPS) is 12.5. The van der Waals surface area contributed by atoms with Gasteiger partial charge in [-0.1, -0.05) is 49.2 Å². The molecule has 144 valence electrons. The molecule has 2 aromatic carbocycles. The molecule has 0 spiro atoms. The first-order valence-corrected chi connectivity index (χ1v) is 9.79. The van der Waals surface area contributed by atoms with Crippen LogP contribution in [0.25, 0.3) is 21.8 Å². The van der Waals surface area contributed by atoms with Gasteiger partial charge in [-0.3, -0.25) is 4.79 Å². The number of para-hydroxylation sites is 2. The van der Waals surface area contributed by atoms with Crippen molar-refractivity contribution < 1.29 is 9.63 Å². The van der Waals surface area contributed by atoms with E-state index in [1.165, 1.54) is 22.0 Å². The van der Waals surface area contributed by atoms with Gasteiger partial charge in [0.2, 0.25) is 0 Å². The Hall–Kier alpha value is -3.05. The van der Waals surface area contributed by atoms with Crippen LogP contribution < -0.4 is 5.90 Å². The average Bonchev–Trinajstić information content (AvgIpc) is 3.34. The Morgan fingerprint density at radius 3 is 2.61 bits per heavy atom. The zero-order valence-corrected chi connectivity index (χ0v) is 15.8. The van der Waals surface area contributed by atoms with E-state index in [-0.39, 0.29) is 11.9 Å². The lowest BCUT2D eigenvalue weighted by Gasteiger charge is -2.15. The molecule has 1 unspecified atom stereocenters. The summed E-state index contributed by atoms with van der Waals surface area (Å²) in [6.45, 7) is 0. The van der Waals surface area contributed by atoms with Crippen LogP contribution in [0.3, 0.4) is 0 Å². The van der Waals surface area contributed by atoms with E-state index in [1.54, 1.807) is 0 Å². The lowest BCUT2D eigenvalue weighted by atomic mass is 9.90. The number of H-pyrrole nitrogens is 2. The summed E-state index contributed by atoms with van der Waals surface area (Å²) in [4.78, 5) is 22.5. The lowest BCUT2D eigenvalue weighted by Crippen LogP contribution is -2.09. The van der Waals surface area contributed by atoms with Crippen LogP contribution >= 0.6 is 0 Å². The zero-order valence-electron chi connectivity index (χ0n) is 15.8. The molecule has 0 bridgehead atoms. The SMILES string of the molecule is NOC(=O)CCCCCC(c1cc2ccccc2[nH]1)c1c[nH]c2ccccc12. The zero-order chi connectivity index (χ0) is 19.3. The lowest BCUT2D eigenvalue weighted by molar-refractivity contribution is -0.144. The third-order valence-electron chi connectivity index (χ3n) is 5.43. The second kappa shape index (κ2) is 8.31. The van der Waals surface area contributed by atoms with E-state index in [0.717, 1.165) is 36.7 Å². The third kappa shape index (κ3) is 3.80. The molecule has 1 atom stereocenters. The molecular weight excluding hydrogens is 350 g/mol. The van der Waals surface area contributed by atoms with Crippen molar-refractivity contribution in [3.05, 3.63) is 72.1 Å². The second-order valence-corrected chi connectivity index (χ2v) is 7.24. The number of fused-ring (bicyclic) bond motifs is 2. The summed E-state index contributed by atoms with van der Waals surface area (Å²) in [7, 11) is 0. The summed E-state index contributed by atoms with van der Waals surface area (Å²) >= 11 is 0. The predicted octanol–water partition coefficient (Wildman–Crippen LogP) is 5.15. The number of rotatable bonds is 8. The van der Waals surface area contributed by atoms with Gasteiger partial charge in [-0.15, -0.1) is 0 Å². The number of carbonyl (C=O) groups excluding carboxylic acids is 1. The van der Waals surface area contributed by atoms with Crippen molar-refractivity contribution in [2.24, 2.45) is 5.90 Å². The Morgan fingerprint density at radius 2 is 1.79 bits per heavy atom. The third-order valence-corrected chi connectivity index (χ3v) is 5.43. The van der Waals surface area contributed by atoms with Crippen molar-refractivity contribution in [3.8, 4) is 0 Å². The van der Waals surface area contributed by atoms with E-state index in [4.69, 9.17) is 5.90 Å². The Bertz CT molecular complexity index is 1050. The summed E-state index contributed by atoms with van der Waals surface area (Å²) in [6.07, 6.45) is 6.30. The molecule has 0 saturated heterocycles. The van der Waals surface area contributed by atoms with Gasteiger partial charge in [0.25, 0.3) is 0 Å². The molecule has 4 rings (SSSR count). The molecule has 28 heavy (non-hydrogen) atoms. The summed E-state index contributed by atoms with van der Waals surface area (Å²) in [6, 6.07) is 19.1. The minimum Gasteiger partial charge on any atom is -0.373 e. The number of aromatic amines is 2. The monoisotopic (exact) mass is 375 g/mol. The molecule has 0 aliphatic rings. The minimum atomic E-state index is -0.344. The molecule has 0 aliphatic carbocycles. The van der Waals surface area contributed by atoms with Crippen LogP contribution in [0.1, 0.15) is 49.3 Å². The smallest absolute Gasteiger partial charge is 0.324 e. The molecule has 5 heteroatoms. The van der Waals surface area contributed by atoms with E-state index in [1.807, 2.05) is 0 Å². The Labute approximate surface area is 163 Å². The van der Waals surface area contributed by atoms with Crippen molar-refractivity contribution in [3.63, 3.8) is 0 Å². The molecule has 2 aromatic heterocycles. The number of nitrogens with two attached hydrogens (primary N) is 1. The molecule has 0 radical (unpaired) electrons. The van der Waals surface area contributed by atoms with Crippen molar-refractivity contribution in [1.29, 1.82) is 0 Å². The molecule has 4 N–H and O–H groups in total. The molecule has 0 saturated carbocycles. The average molecular weight is 375 g/mol. The first-order valence-electron chi connectivity index (χ1n) is 9.79. The number of hydrogen-bond donors (Lipinski definition) is 3. The summed E-state index contributed by atoms with van der Waals surface area (Å²) in [5, 5.41) is 2.49. The fourth-order valence-electron chi connectivity index (χ4n) is 4.00. The van der Waals surface area contributed by atoms with Gasteiger partial charge in [-0.2, -0.15) is 5.90 Å². The maximum Gasteiger partial charge on any atom is 0.324 e. The highest BCUT2D eigenvalue weighted by atomic mass is 16.7. The Morgan fingerprint density at radius 1 is 1.00 bits per heavy atom. The van der Waals surface area contributed by atoms with Gasteiger partial charge in [0.05, 0.1) is 0 Å². The number of unbranched alkanes of at least 4 members (excludes halogenated alkanes) is 2. The number of carbonyl (C=O) groups is 1. The summed E-state index contributed by atoms with van der Waals surface area (Å²) < 4.78 is 0. The maximum absolute atomic E-state index is 11.2. The molecule has 2 heterocycles. The van der Waals surface area contributed by atoms with Gasteiger partial charge in [-0.05, 0) is 42.0 Å². The predicted molar refractivity (Wildman–Crippen MR) is 112 cm³/mol. The van der Waals surface area contributed by atoms with Crippen molar-refractivity contribution in [1.82, 2.24) is 9.97 Å². The topological polar surface area (TPSA) is 83.9 Å². The number of benzene rings is 2. The fraction of sp³-hybridized carbons (Fsp3) is 0.261. The van der Waals surface area contributed by atoms with Crippen LogP contribution in [0.4, 0.5) is 0 Å². The standard InChI is InChI=1S/C23H25N3O2/c24-28-23(27)13-3-1-2-9-18(19-15-25-21-12-7-5-10-17(19)21)22-14-16-8-4-6-11-20(16)26-22/h4-8,10-12,14-15,18,25-26H,1-3,9,13,24H2. The summed E-state index contributed by atoms with van der Waals surface area (Å²) in [5.74, 6) is 4.83. The van der Waals surface area contributed by atoms with Gasteiger partial charge in [-0.25, -0.2) is 0 Å². The highest BCUT2D eigenvalue weighted by Crippen LogP contribution is 2.35. The second-order valence-electron chi connectivity index (χ2n) is 7.24. The number of aromatic nitrogens is 2. The largest absolute Gasteiger partial charge is 0.373 e. The Balaban J connectivity index is 1.59. The first kappa shape index (κ1) is 18.3.